The van der Waals surface area contributed by atoms with Gasteiger partial charge in [0.2, 0.25) is 0 Å². The van der Waals surface area contributed by atoms with Gasteiger partial charge in [0, 0.05) is 24.7 Å². The number of hydrogen-bond acceptors (Lipinski definition) is 2. The molecule has 0 amide bonds. The summed E-state index contributed by atoms with van der Waals surface area (Å²) >= 11 is 0. The predicted octanol–water partition coefficient (Wildman–Crippen LogP) is 2.49. The number of nitrogens with one attached hydrogen (secondary N) is 1. The minimum Gasteiger partial charge on any atom is -0.316 e. The van der Waals surface area contributed by atoms with Gasteiger partial charge >= 0.3 is 0 Å². The summed E-state index contributed by atoms with van der Waals surface area (Å²) in [6.45, 7) is 13.7. The van der Waals surface area contributed by atoms with E-state index in [4.69, 9.17) is 0 Å². The summed E-state index contributed by atoms with van der Waals surface area (Å²) < 4.78 is 0. The normalized spacial score (nSPS) is 44.1. The minimum absolute atomic E-state index is 0.416. The van der Waals surface area contributed by atoms with Crippen molar-refractivity contribution in [2.75, 3.05) is 19.6 Å². The first-order valence-corrected chi connectivity index (χ1v) is 7.38. The molecule has 0 aromatic heterocycles. The highest BCUT2D eigenvalue weighted by molar-refractivity contribution is 5.07. The average Bonchev–Trinajstić information content (AvgIpc) is 2.84. The van der Waals surface area contributed by atoms with Crippen LogP contribution in [0.4, 0.5) is 0 Å². The van der Waals surface area contributed by atoms with E-state index >= 15 is 0 Å². The van der Waals surface area contributed by atoms with Crippen molar-refractivity contribution in [2.45, 2.75) is 58.5 Å². The van der Waals surface area contributed by atoms with Crippen LogP contribution in [-0.2, 0) is 0 Å². The average molecular weight is 236 g/mol. The molecule has 3 rings (SSSR count). The van der Waals surface area contributed by atoms with Crippen molar-refractivity contribution in [2.24, 2.45) is 17.3 Å². The van der Waals surface area contributed by atoms with Gasteiger partial charge < -0.3 is 5.32 Å². The van der Waals surface area contributed by atoms with E-state index < -0.39 is 0 Å². The molecule has 0 radical (unpaired) electrons. The second-order valence-electron chi connectivity index (χ2n) is 7.89. The summed E-state index contributed by atoms with van der Waals surface area (Å²) in [5, 5.41) is 3.58. The summed E-state index contributed by atoms with van der Waals surface area (Å²) in [6, 6.07) is 0.852. The fraction of sp³-hybridized carbons (Fsp3) is 1.00. The molecule has 0 spiro atoms. The van der Waals surface area contributed by atoms with Crippen LogP contribution in [0.2, 0.25) is 0 Å². The van der Waals surface area contributed by atoms with E-state index in [1.54, 1.807) is 0 Å². The molecule has 3 fully saturated rings. The van der Waals surface area contributed by atoms with E-state index in [0.717, 1.165) is 17.9 Å². The van der Waals surface area contributed by atoms with Crippen LogP contribution in [-0.4, -0.2) is 36.1 Å². The molecule has 2 nitrogen and oxygen atoms in total. The van der Waals surface area contributed by atoms with Crippen LogP contribution in [0.1, 0.15) is 47.0 Å². The van der Waals surface area contributed by atoms with Crippen molar-refractivity contribution >= 4 is 0 Å². The highest BCUT2D eigenvalue weighted by Gasteiger charge is 2.52. The van der Waals surface area contributed by atoms with Crippen molar-refractivity contribution in [3.8, 4) is 0 Å². The molecule has 0 aromatic rings. The number of fused-ring (bicyclic) bond motifs is 1. The lowest BCUT2D eigenvalue weighted by Gasteiger charge is -2.40. The highest BCUT2D eigenvalue weighted by atomic mass is 15.3. The Morgan fingerprint density at radius 1 is 1.12 bits per heavy atom. The molecular formula is C15H28N2. The Hall–Kier alpha value is -0.0800. The van der Waals surface area contributed by atoms with Gasteiger partial charge in [-0.25, -0.2) is 0 Å². The molecule has 1 aliphatic carbocycles. The Labute approximate surface area is 106 Å². The number of rotatable bonds is 1. The van der Waals surface area contributed by atoms with Crippen LogP contribution in [0, 0.1) is 17.3 Å². The lowest BCUT2D eigenvalue weighted by molar-refractivity contribution is 0.0860. The fourth-order valence-electron chi connectivity index (χ4n) is 4.74. The van der Waals surface area contributed by atoms with Gasteiger partial charge in [-0.15, -0.1) is 0 Å². The molecular weight excluding hydrogens is 208 g/mol. The molecule has 1 N–H and O–H groups in total. The zero-order valence-electron chi connectivity index (χ0n) is 11.9. The molecule has 3 atom stereocenters. The summed E-state index contributed by atoms with van der Waals surface area (Å²) in [4.78, 5) is 2.86. The van der Waals surface area contributed by atoms with Crippen LogP contribution in [0.25, 0.3) is 0 Å². The Bertz CT molecular complexity index is 308. The van der Waals surface area contributed by atoms with Gasteiger partial charge in [-0.3, -0.25) is 4.90 Å². The van der Waals surface area contributed by atoms with E-state index in [2.05, 4.69) is 37.9 Å². The topological polar surface area (TPSA) is 15.3 Å². The van der Waals surface area contributed by atoms with Gasteiger partial charge in [-0.1, -0.05) is 13.8 Å². The lowest BCUT2D eigenvalue weighted by Crippen LogP contribution is -2.49. The van der Waals surface area contributed by atoms with E-state index in [9.17, 15) is 0 Å². The largest absolute Gasteiger partial charge is 0.316 e. The van der Waals surface area contributed by atoms with E-state index in [1.165, 1.54) is 38.9 Å². The smallest absolute Gasteiger partial charge is 0.0200 e. The maximum absolute atomic E-state index is 3.58. The third kappa shape index (κ3) is 1.84. The molecule has 3 aliphatic rings. The van der Waals surface area contributed by atoms with E-state index in [-0.39, 0.29) is 0 Å². The second-order valence-corrected chi connectivity index (χ2v) is 7.89. The van der Waals surface area contributed by atoms with Crippen molar-refractivity contribution < 1.29 is 0 Å². The molecule has 98 valence electrons. The molecule has 17 heavy (non-hydrogen) atoms. The predicted molar refractivity (Wildman–Crippen MR) is 72.1 cm³/mol. The number of hydrogen-bond donors (Lipinski definition) is 1. The van der Waals surface area contributed by atoms with Gasteiger partial charge in [-0.05, 0) is 56.9 Å². The second kappa shape index (κ2) is 3.71. The highest BCUT2D eigenvalue weighted by Crippen LogP contribution is 2.47. The molecule has 2 heteroatoms. The SMILES string of the molecule is CC1(C)CCC(N2CC3CNCC3C2(C)C)C1. The third-order valence-corrected chi connectivity index (χ3v) is 5.80. The fourth-order valence-corrected chi connectivity index (χ4v) is 4.74. The Morgan fingerprint density at radius 3 is 2.47 bits per heavy atom. The summed E-state index contributed by atoms with van der Waals surface area (Å²) in [6.07, 6.45) is 4.24. The third-order valence-electron chi connectivity index (χ3n) is 5.80. The molecule has 2 aliphatic heterocycles. The van der Waals surface area contributed by atoms with Crippen LogP contribution in [0.15, 0.2) is 0 Å². The zero-order chi connectivity index (χ0) is 12.3. The van der Waals surface area contributed by atoms with Gasteiger partial charge in [0.15, 0.2) is 0 Å². The molecule has 0 bridgehead atoms. The van der Waals surface area contributed by atoms with Crippen LogP contribution in [0.3, 0.4) is 0 Å². The molecule has 3 unspecified atom stereocenters. The minimum atomic E-state index is 0.416. The first kappa shape index (κ1) is 12.0. The molecule has 0 aromatic carbocycles. The van der Waals surface area contributed by atoms with Crippen LogP contribution < -0.4 is 5.32 Å². The first-order valence-electron chi connectivity index (χ1n) is 7.38. The lowest BCUT2D eigenvalue weighted by atomic mass is 9.84. The maximum atomic E-state index is 3.58. The van der Waals surface area contributed by atoms with Crippen molar-refractivity contribution in [3.63, 3.8) is 0 Å². The Morgan fingerprint density at radius 2 is 1.88 bits per heavy atom. The van der Waals surface area contributed by atoms with Crippen molar-refractivity contribution in [1.29, 1.82) is 0 Å². The Kier molecular flexibility index (Phi) is 2.61. The van der Waals surface area contributed by atoms with Crippen LogP contribution in [0.5, 0.6) is 0 Å². The maximum Gasteiger partial charge on any atom is 0.0200 e. The van der Waals surface area contributed by atoms with Crippen molar-refractivity contribution in [1.82, 2.24) is 10.2 Å². The monoisotopic (exact) mass is 236 g/mol. The standard InChI is InChI=1S/C15H28N2/c1-14(2)6-5-12(7-14)17-10-11-8-16-9-13(11)15(17,3)4/h11-13,16H,5-10H2,1-4H3. The molecule has 1 saturated carbocycles. The van der Waals surface area contributed by atoms with Crippen LogP contribution >= 0.6 is 0 Å². The summed E-state index contributed by atoms with van der Waals surface area (Å²) in [7, 11) is 0. The van der Waals surface area contributed by atoms with E-state index in [0.29, 0.717) is 11.0 Å². The van der Waals surface area contributed by atoms with Crippen molar-refractivity contribution in [3.05, 3.63) is 0 Å². The molecule has 2 saturated heterocycles. The summed E-state index contributed by atoms with van der Waals surface area (Å²) in [5.41, 5.74) is 0.996. The quantitative estimate of drug-likeness (QED) is 0.752. The van der Waals surface area contributed by atoms with E-state index in [1.807, 2.05) is 0 Å². The number of likely N-dealkylation sites (tertiary alicyclic amines) is 1. The molecule has 2 heterocycles. The zero-order valence-corrected chi connectivity index (χ0v) is 11.9. The number of nitrogens with zero attached hydrogens (tertiary/aromatic N) is 1. The van der Waals surface area contributed by atoms with Gasteiger partial charge in [-0.2, -0.15) is 0 Å². The van der Waals surface area contributed by atoms with Gasteiger partial charge in [0.1, 0.15) is 0 Å². The Balaban J connectivity index is 1.77. The first-order chi connectivity index (χ1) is 7.90. The van der Waals surface area contributed by atoms with Gasteiger partial charge in [0.05, 0.1) is 0 Å². The van der Waals surface area contributed by atoms with Gasteiger partial charge in [0.25, 0.3) is 0 Å². The summed E-state index contributed by atoms with van der Waals surface area (Å²) in [5.74, 6) is 1.79.